The van der Waals surface area contributed by atoms with Crippen molar-refractivity contribution in [2.24, 2.45) is 0 Å². The van der Waals surface area contributed by atoms with Crippen molar-refractivity contribution in [2.75, 3.05) is 0 Å². The Morgan fingerprint density at radius 2 is 1.27 bits per heavy atom. The van der Waals surface area contributed by atoms with E-state index in [2.05, 4.69) is 125 Å². The van der Waals surface area contributed by atoms with E-state index in [1.165, 1.54) is 98.2 Å². The molecule has 2 heterocycles. The van der Waals surface area contributed by atoms with E-state index in [-0.39, 0.29) is 0 Å². The first-order chi connectivity index (χ1) is 19.8. The van der Waals surface area contributed by atoms with Crippen LogP contribution in [0.2, 0.25) is 0 Å². The molecule has 0 unspecified atom stereocenters. The Bertz CT molecular complexity index is 2020. The van der Waals surface area contributed by atoms with Crippen molar-refractivity contribution in [2.45, 2.75) is 51.4 Å². The van der Waals surface area contributed by atoms with E-state index >= 15 is 0 Å². The molecule has 2 heteroatoms. The number of aryl methyl sites for hydroxylation is 1. The van der Waals surface area contributed by atoms with E-state index in [9.17, 15) is 0 Å². The molecule has 0 spiro atoms. The van der Waals surface area contributed by atoms with Gasteiger partial charge in [0, 0.05) is 39.4 Å². The number of hydrogen-bond donors (Lipinski definition) is 0. The molecule has 0 bridgehead atoms. The number of allylic oxidation sites excluding steroid dienone is 6. The standard InChI is InChI=1S/C38H34N2/c1-26-21-28(27-13-5-4-6-14-27)23-30(22-26)40-36-20-12-10-18-32(36)34-24-37-33(25-38(34)40)31-17-9-11-19-35(31)39(37)29-15-7-2-3-8-16-29/h2-3,7-12,15,17-25,27H,4-6,13-14,16H2,1H3. The van der Waals surface area contributed by atoms with Gasteiger partial charge in [0.2, 0.25) is 0 Å². The summed E-state index contributed by atoms with van der Waals surface area (Å²) in [5.41, 5.74) is 10.6. The fraction of sp³-hybridized carbons (Fsp3) is 0.211. The summed E-state index contributed by atoms with van der Waals surface area (Å²) in [5, 5.41) is 5.24. The average molecular weight is 519 g/mol. The van der Waals surface area contributed by atoms with Gasteiger partial charge < -0.3 is 9.13 Å². The van der Waals surface area contributed by atoms with Crippen LogP contribution in [0.1, 0.15) is 55.6 Å². The van der Waals surface area contributed by atoms with Crippen LogP contribution in [0.3, 0.4) is 0 Å². The summed E-state index contributed by atoms with van der Waals surface area (Å²) < 4.78 is 5.00. The zero-order chi connectivity index (χ0) is 26.6. The molecule has 0 N–H and O–H groups in total. The monoisotopic (exact) mass is 518 g/mol. The highest BCUT2D eigenvalue weighted by Crippen LogP contribution is 2.41. The third-order valence-electron chi connectivity index (χ3n) is 9.15. The molecule has 196 valence electrons. The Hall–Kier alpha value is -4.30. The van der Waals surface area contributed by atoms with Gasteiger partial charge in [-0.3, -0.25) is 0 Å². The van der Waals surface area contributed by atoms with Gasteiger partial charge in [-0.15, -0.1) is 0 Å². The molecule has 6 aromatic rings. The average Bonchev–Trinajstić information content (AvgIpc) is 3.33. The second-order valence-corrected chi connectivity index (χ2v) is 11.7. The number of para-hydroxylation sites is 2. The molecule has 40 heavy (non-hydrogen) atoms. The van der Waals surface area contributed by atoms with Gasteiger partial charge in [0.25, 0.3) is 0 Å². The topological polar surface area (TPSA) is 9.86 Å². The van der Waals surface area contributed by atoms with E-state index in [4.69, 9.17) is 0 Å². The number of nitrogens with zero attached hydrogens (tertiary/aromatic N) is 2. The molecule has 0 radical (unpaired) electrons. The van der Waals surface area contributed by atoms with Crippen LogP contribution >= 0.6 is 0 Å². The summed E-state index contributed by atoms with van der Waals surface area (Å²) in [4.78, 5) is 0. The number of rotatable bonds is 3. The van der Waals surface area contributed by atoms with Crippen LogP contribution in [-0.2, 0) is 0 Å². The maximum absolute atomic E-state index is 2.52. The molecule has 0 atom stereocenters. The summed E-state index contributed by atoms with van der Waals surface area (Å²) in [6, 6.07) is 30.0. The normalized spacial score (nSPS) is 16.4. The third-order valence-corrected chi connectivity index (χ3v) is 9.15. The molecule has 0 aliphatic heterocycles. The highest BCUT2D eigenvalue weighted by atomic mass is 15.0. The molecule has 2 nitrogen and oxygen atoms in total. The molecular formula is C38H34N2. The van der Waals surface area contributed by atoms with Crippen molar-refractivity contribution in [3.05, 3.63) is 120 Å². The lowest BCUT2D eigenvalue weighted by molar-refractivity contribution is 0.443. The predicted molar refractivity (Wildman–Crippen MR) is 172 cm³/mol. The van der Waals surface area contributed by atoms with Crippen molar-refractivity contribution in [1.29, 1.82) is 0 Å². The minimum atomic E-state index is 0.682. The highest BCUT2D eigenvalue weighted by molar-refractivity contribution is 6.19. The molecule has 2 aromatic heterocycles. The van der Waals surface area contributed by atoms with Crippen LogP contribution in [0.5, 0.6) is 0 Å². The van der Waals surface area contributed by atoms with Gasteiger partial charge in [0.15, 0.2) is 0 Å². The maximum atomic E-state index is 2.52. The largest absolute Gasteiger partial charge is 0.313 e. The number of benzene rings is 4. The second kappa shape index (κ2) is 9.41. The Kier molecular flexibility index (Phi) is 5.55. The predicted octanol–water partition coefficient (Wildman–Crippen LogP) is 10.6. The molecule has 2 aliphatic rings. The summed E-state index contributed by atoms with van der Waals surface area (Å²) in [5.74, 6) is 0.682. The smallest absolute Gasteiger partial charge is 0.0548 e. The van der Waals surface area contributed by atoms with Gasteiger partial charge in [-0.25, -0.2) is 0 Å². The van der Waals surface area contributed by atoms with Crippen LogP contribution in [-0.4, -0.2) is 9.13 Å². The lowest BCUT2D eigenvalue weighted by Crippen LogP contribution is -2.06. The number of hydrogen-bond acceptors (Lipinski definition) is 0. The lowest BCUT2D eigenvalue weighted by atomic mass is 9.83. The lowest BCUT2D eigenvalue weighted by Gasteiger charge is -2.23. The minimum Gasteiger partial charge on any atom is -0.313 e. The summed E-state index contributed by atoms with van der Waals surface area (Å²) in [7, 11) is 0. The van der Waals surface area contributed by atoms with Gasteiger partial charge in [-0.05, 0) is 79.3 Å². The molecular weight excluding hydrogens is 484 g/mol. The second-order valence-electron chi connectivity index (χ2n) is 11.7. The van der Waals surface area contributed by atoms with E-state index in [0.29, 0.717) is 5.92 Å². The molecule has 1 fully saturated rings. The van der Waals surface area contributed by atoms with Crippen molar-refractivity contribution in [3.63, 3.8) is 0 Å². The molecule has 0 amide bonds. The maximum Gasteiger partial charge on any atom is 0.0548 e. The van der Waals surface area contributed by atoms with Crippen molar-refractivity contribution in [3.8, 4) is 5.69 Å². The van der Waals surface area contributed by atoms with Crippen molar-refractivity contribution in [1.82, 2.24) is 9.13 Å². The van der Waals surface area contributed by atoms with Gasteiger partial charge in [-0.1, -0.05) is 86.0 Å². The van der Waals surface area contributed by atoms with Gasteiger partial charge >= 0.3 is 0 Å². The fourth-order valence-electron chi connectivity index (χ4n) is 7.34. The van der Waals surface area contributed by atoms with Gasteiger partial charge in [0.1, 0.15) is 0 Å². The third kappa shape index (κ3) is 3.70. The first-order valence-corrected chi connectivity index (χ1v) is 14.9. The van der Waals surface area contributed by atoms with E-state index in [0.717, 1.165) is 6.42 Å². The molecule has 4 aromatic carbocycles. The van der Waals surface area contributed by atoms with Crippen LogP contribution in [0.15, 0.2) is 109 Å². The Morgan fingerprint density at radius 3 is 2.02 bits per heavy atom. The summed E-state index contributed by atoms with van der Waals surface area (Å²) >= 11 is 0. The molecule has 0 saturated heterocycles. The number of aromatic nitrogens is 2. The van der Waals surface area contributed by atoms with Crippen molar-refractivity contribution < 1.29 is 0 Å². The minimum absolute atomic E-state index is 0.682. The van der Waals surface area contributed by atoms with Crippen LogP contribution in [0, 0.1) is 6.92 Å². The molecule has 8 rings (SSSR count). The van der Waals surface area contributed by atoms with E-state index in [1.54, 1.807) is 0 Å². The number of fused-ring (bicyclic) bond motifs is 6. The van der Waals surface area contributed by atoms with E-state index in [1.807, 2.05) is 0 Å². The Balaban J connectivity index is 1.44. The van der Waals surface area contributed by atoms with Crippen LogP contribution < -0.4 is 0 Å². The SMILES string of the molecule is Cc1cc(C2CCCCC2)cc(-n2c3ccccc3c3cc4c(cc32)c2ccccc2n4C2=CC=CC=CC2)c1. The van der Waals surface area contributed by atoms with Gasteiger partial charge in [0.05, 0.1) is 22.1 Å². The zero-order valence-electron chi connectivity index (χ0n) is 23.1. The summed E-state index contributed by atoms with van der Waals surface area (Å²) in [6.07, 6.45) is 18.6. The highest BCUT2D eigenvalue weighted by Gasteiger charge is 2.21. The Labute approximate surface area is 235 Å². The molecule has 1 saturated carbocycles. The quantitative estimate of drug-likeness (QED) is 0.220. The molecule has 2 aliphatic carbocycles. The van der Waals surface area contributed by atoms with Gasteiger partial charge in [-0.2, -0.15) is 0 Å². The van der Waals surface area contributed by atoms with Crippen LogP contribution in [0.25, 0.3) is 55.0 Å². The van der Waals surface area contributed by atoms with Crippen LogP contribution in [0.4, 0.5) is 0 Å². The van der Waals surface area contributed by atoms with Crippen molar-refractivity contribution >= 4 is 49.3 Å². The van der Waals surface area contributed by atoms with E-state index < -0.39 is 0 Å². The zero-order valence-corrected chi connectivity index (χ0v) is 23.1. The summed E-state index contributed by atoms with van der Waals surface area (Å²) in [6.45, 7) is 2.26. The fourth-order valence-corrected chi connectivity index (χ4v) is 7.34. The first-order valence-electron chi connectivity index (χ1n) is 14.9. The Morgan fingerprint density at radius 1 is 0.600 bits per heavy atom. The first kappa shape index (κ1) is 23.6.